The molecule has 2 heterocycles. The quantitative estimate of drug-likeness (QED) is 0.236. The van der Waals surface area contributed by atoms with Crippen molar-refractivity contribution in [3.05, 3.63) is 59.3 Å². The van der Waals surface area contributed by atoms with Crippen LogP contribution in [0.1, 0.15) is 11.9 Å². The van der Waals surface area contributed by atoms with Crippen molar-refractivity contribution in [1.82, 2.24) is 19.7 Å². The molecule has 0 unspecified atom stereocenters. The molecular weight excluding hydrogens is 430 g/mol. The number of aliphatic hydroxyl groups is 1. The van der Waals surface area contributed by atoms with Crippen LogP contribution >= 0.6 is 23.1 Å². The topological polar surface area (TPSA) is 96.9 Å². The minimum absolute atomic E-state index is 0.0248. The first-order valence-corrected chi connectivity index (χ1v) is 11.3. The number of ether oxygens (including phenoxy) is 1. The van der Waals surface area contributed by atoms with Crippen molar-refractivity contribution in [3.63, 3.8) is 0 Å². The van der Waals surface area contributed by atoms with Gasteiger partial charge in [-0.25, -0.2) is 4.98 Å². The Hall–Kier alpha value is -3.35. The van der Waals surface area contributed by atoms with E-state index in [0.717, 1.165) is 27.4 Å². The Morgan fingerprint density at radius 1 is 1.19 bits per heavy atom. The number of aliphatic hydroxyl groups excluding tert-OH is 1. The number of thiazole rings is 1. The van der Waals surface area contributed by atoms with E-state index < -0.39 is 0 Å². The molecular formula is C22H19N5O2S2. The van der Waals surface area contributed by atoms with E-state index in [9.17, 15) is 10.4 Å². The zero-order valence-electron chi connectivity index (χ0n) is 16.9. The van der Waals surface area contributed by atoms with Crippen molar-refractivity contribution in [2.24, 2.45) is 0 Å². The Morgan fingerprint density at radius 2 is 1.97 bits per heavy atom. The number of rotatable bonds is 7. The molecule has 0 aliphatic carbocycles. The summed E-state index contributed by atoms with van der Waals surface area (Å²) in [5, 5.41) is 30.0. The SMILES string of the molecule is CCn1c(SC/C(O)=C(\C#N)c2nc3ccccc3s2)nnc1-c1ccc(OC)cc1. The molecule has 0 spiro atoms. The lowest BCUT2D eigenvalue weighted by atomic mass is 10.2. The monoisotopic (exact) mass is 449 g/mol. The fourth-order valence-electron chi connectivity index (χ4n) is 3.05. The van der Waals surface area contributed by atoms with Gasteiger partial charge in [0.15, 0.2) is 11.0 Å². The first-order valence-electron chi connectivity index (χ1n) is 9.53. The molecule has 0 aliphatic heterocycles. The van der Waals surface area contributed by atoms with Gasteiger partial charge in [-0.3, -0.25) is 0 Å². The van der Waals surface area contributed by atoms with Crippen LogP contribution in [0.5, 0.6) is 5.75 Å². The van der Waals surface area contributed by atoms with Gasteiger partial charge in [0, 0.05) is 12.1 Å². The number of aromatic nitrogens is 4. The largest absolute Gasteiger partial charge is 0.510 e. The summed E-state index contributed by atoms with van der Waals surface area (Å²) in [6.07, 6.45) is 0. The van der Waals surface area contributed by atoms with Gasteiger partial charge in [-0.05, 0) is 43.3 Å². The Balaban J connectivity index is 1.57. The first-order chi connectivity index (χ1) is 15.1. The molecule has 4 rings (SSSR count). The highest BCUT2D eigenvalue weighted by molar-refractivity contribution is 7.99. The van der Waals surface area contributed by atoms with Crippen molar-refractivity contribution in [1.29, 1.82) is 5.26 Å². The van der Waals surface area contributed by atoms with E-state index in [4.69, 9.17) is 4.74 Å². The number of hydrogen-bond donors (Lipinski definition) is 1. The number of thioether (sulfide) groups is 1. The van der Waals surface area contributed by atoms with Gasteiger partial charge in [0.2, 0.25) is 0 Å². The van der Waals surface area contributed by atoms with Crippen LogP contribution in [0.15, 0.2) is 59.4 Å². The van der Waals surface area contributed by atoms with Crippen LogP contribution in [0.2, 0.25) is 0 Å². The molecule has 0 bridgehead atoms. The molecule has 0 aliphatic rings. The Kier molecular flexibility index (Phi) is 6.21. The number of allylic oxidation sites excluding steroid dienone is 1. The van der Waals surface area contributed by atoms with E-state index in [2.05, 4.69) is 21.3 Å². The van der Waals surface area contributed by atoms with E-state index in [0.29, 0.717) is 16.7 Å². The number of hydrogen-bond acceptors (Lipinski definition) is 8. The molecule has 0 fully saturated rings. The second-order valence-corrected chi connectivity index (χ2v) is 8.46. The average molecular weight is 450 g/mol. The summed E-state index contributed by atoms with van der Waals surface area (Å²) in [6.45, 7) is 2.68. The van der Waals surface area contributed by atoms with Crippen molar-refractivity contribution in [2.75, 3.05) is 12.9 Å². The van der Waals surface area contributed by atoms with E-state index in [1.807, 2.05) is 60.0 Å². The molecule has 1 N–H and O–H groups in total. The highest BCUT2D eigenvalue weighted by Crippen LogP contribution is 2.31. The summed E-state index contributed by atoms with van der Waals surface area (Å²) in [5.74, 6) is 1.68. The van der Waals surface area contributed by atoms with E-state index in [-0.39, 0.29) is 17.1 Å². The zero-order valence-corrected chi connectivity index (χ0v) is 18.6. The van der Waals surface area contributed by atoms with Gasteiger partial charge in [0.05, 0.1) is 23.1 Å². The molecule has 156 valence electrons. The summed E-state index contributed by atoms with van der Waals surface area (Å²) in [5.41, 5.74) is 1.92. The molecule has 0 saturated carbocycles. The van der Waals surface area contributed by atoms with E-state index >= 15 is 0 Å². The fraction of sp³-hybridized carbons (Fsp3) is 0.182. The third-order valence-electron chi connectivity index (χ3n) is 4.63. The maximum absolute atomic E-state index is 10.6. The molecule has 0 saturated heterocycles. The van der Waals surface area contributed by atoms with Crippen molar-refractivity contribution in [3.8, 4) is 23.2 Å². The third-order valence-corrected chi connectivity index (χ3v) is 6.66. The van der Waals surface area contributed by atoms with Gasteiger partial charge in [0.25, 0.3) is 0 Å². The predicted molar refractivity (Wildman–Crippen MR) is 123 cm³/mol. The van der Waals surface area contributed by atoms with Crippen molar-refractivity contribution in [2.45, 2.75) is 18.6 Å². The van der Waals surface area contributed by atoms with Crippen LogP contribution in [-0.4, -0.2) is 37.7 Å². The first kappa shape index (κ1) is 20.9. The molecule has 9 heteroatoms. The van der Waals surface area contributed by atoms with Gasteiger partial charge in [0.1, 0.15) is 28.2 Å². The second-order valence-electron chi connectivity index (χ2n) is 6.49. The average Bonchev–Trinajstić information content (AvgIpc) is 3.42. The summed E-state index contributed by atoms with van der Waals surface area (Å²) in [4.78, 5) is 4.48. The number of methoxy groups -OCH3 is 1. The van der Waals surface area contributed by atoms with Crippen molar-refractivity contribution < 1.29 is 9.84 Å². The fourth-order valence-corrected chi connectivity index (χ4v) is 4.92. The zero-order chi connectivity index (χ0) is 21.8. The molecule has 2 aromatic heterocycles. The summed E-state index contributed by atoms with van der Waals surface area (Å²) < 4.78 is 8.16. The van der Waals surface area contributed by atoms with E-state index in [1.54, 1.807) is 7.11 Å². The van der Waals surface area contributed by atoms with Gasteiger partial charge in [-0.15, -0.1) is 21.5 Å². The Labute approximate surface area is 187 Å². The molecule has 0 amide bonds. The molecule has 0 atom stereocenters. The number of nitriles is 1. The van der Waals surface area contributed by atoms with Crippen LogP contribution in [0.3, 0.4) is 0 Å². The third kappa shape index (κ3) is 4.26. The Bertz CT molecular complexity index is 1250. The number of benzene rings is 2. The molecule has 7 nitrogen and oxygen atoms in total. The highest BCUT2D eigenvalue weighted by atomic mass is 32.2. The van der Waals surface area contributed by atoms with Crippen LogP contribution in [0.4, 0.5) is 0 Å². The minimum atomic E-state index is -0.0248. The van der Waals surface area contributed by atoms with Gasteiger partial charge in [-0.2, -0.15) is 5.26 Å². The summed E-state index contributed by atoms with van der Waals surface area (Å²) in [6, 6.07) is 17.4. The maximum atomic E-state index is 10.6. The maximum Gasteiger partial charge on any atom is 0.191 e. The summed E-state index contributed by atoms with van der Waals surface area (Å²) in [7, 11) is 1.63. The van der Waals surface area contributed by atoms with E-state index in [1.165, 1.54) is 23.1 Å². The van der Waals surface area contributed by atoms with Crippen LogP contribution < -0.4 is 4.74 Å². The van der Waals surface area contributed by atoms with Crippen LogP contribution in [-0.2, 0) is 6.54 Å². The standard InChI is InChI=1S/C22H19N5O2S2/c1-3-27-20(14-8-10-15(29-2)11-9-14)25-26-22(27)30-13-18(28)16(12-23)21-24-17-6-4-5-7-19(17)31-21/h4-11,28H,3,13H2,1-2H3/b18-16-. The number of para-hydroxylation sites is 1. The van der Waals surface area contributed by atoms with Gasteiger partial charge in [-0.1, -0.05) is 23.9 Å². The van der Waals surface area contributed by atoms with Gasteiger partial charge >= 0.3 is 0 Å². The van der Waals surface area contributed by atoms with Crippen LogP contribution in [0, 0.1) is 11.3 Å². The molecule has 2 aromatic carbocycles. The van der Waals surface area contributed by atoms with Crippen molar-refractivity contribution >= 4 is 38.9 Å². The molecule has 31 heavy (non-hydrogen) atoms. The Morgan fingerprint density at radius 3 is 2.65 bits per heavy atom. The summed E-state index contributed by atoms with van der Waals surface area (Å²) >= 11 is 2.72. The van der Waals surface area contributed by atoms with Crippen LogP contribution in [0.25, 0.3) is 27.2 Å². The normalized spacial score (nSPS) is 11.9. The molecule has 4 aromatic rings. The second kappa shape index (κ2) is 9.20. The number of fused-ring (bicyclic) bond motifs is 1. The predicted octanol–water partition coefficient (Wildman–Crippen LogP) is 5.17. The highest BCUT2D eigenvalue weighted by Gasteiger charge is 2.17. The minimum Gasteiger partial charge on any atom is -0.510 e. The van der Waals surface area contributed by atoms with Gasteiger partial charge < -0.3 is 14.4 Å². The smallest absolute Gasteiger partial charge is 0.191 e. The lowest BCUT2D eigenvalue weighted by Crippen LogP contribution is -2.01. The number of nitrogens with zero attached hydrogens (tertiary/aromatic N) is 5. The molecule has 0 radical (unpaired) electrons. The lowest BCUT2D eigenvalue weighted by Gasteiger charge is -2.08. The lowest BCUT2D eigenvalue weighted by molar-refractivity contribution is 0.415.